The van der Waals surface area contributed by atoms with Crippen molar-refractivity contribution in [3.63, 3.8) is 0 Å². The lowest BCUT2D eigenvalue weighted by atomic mass is 9.96. The second-order valence-corrected chi connectivity index (χ2v) is 11.9. The van der Waals surface area contributed by atoms with Crippen LogP contribution < -0.4 is 0 Å². The monoisotopic (exact) mass is 586 g/mol. The second kappa shape index (κ2) is 9.62. The summed E-state index contributed by atoms with van der Waals surface area (Å²) in [5.41, 5.74) is 7.38. The van der Waals surface area contributed by atoms with Gasteiger partial charge in [0.1, 0.15) is 0 Å². The van der Waals surface area contributed by atoms with E-state index in [0.29, 0.717) is 5.95 Å². The van der Waals surface area contributed by atoms with Gasteiger partial charge in [-0.25, -0.2) is 9.97 Å². The van der Waals surface area contributed by atoms with Gasteiger partial charge >= 0.3 is 0 Å². The molecule has 46 heavy (non-hydrogen) atoms. The van der Waals surface area contributed by atoms with Gasteiger partial charge in [-0.05, 0) is 52.6 Å². The topological polar surface area (TPSA) is 35.6 Å². The molecule has 3 aromatic heterocycles. The van der Waals surface area contributed by atoms with Gasteiger partial charge in [0.25, 0.3) is 0 Å². The first-order valence-electron chi connectivity index (χ1n) is 15.6. The summed E-state index contributed by atoms with van der Waals surface area (Å²) in [5.74, 6) is 0.662. The third kappa shape index (κ3) is 3.55. The van der Waals surface area contributed by atoms with Crippen molar-refractivity contribution in [2.45, 2.75) is 0 Å². The normalized spacial score (nSPS) is 11.9. The molecule has 0 saturated carbocycles. The molecule has 0 spiro atoms. The Morgan fingerprint density at radius 1 is 0.457 bits per heavy atom. The Kier molecular flexibility index (Phi) is 5.25. The largest absolute Gasteiger partial charge is 0.316 e. The first-order valence-corrected chi connectivity index (χ1v) is 15.6. The van der Waals surface area contributed by atoms with E-state index in [4.69, 9.17) is 9.97 Å². The Hall–Kier alpha value is -6.26. The minimum atomic E-state index is 0.662. The summed E-state index contributed by atoms with van der Waals surface area (Å²) in [6.45, 7) is 0. The molecule has 0 atom stereocenters. The van der Waals surface area contributed by atoms with Crippen LogP contribution in [0.4, 0.5) is 0 Å². The first kappa shape index (κ1) is 25.1. The first-order chi connectivity index (χ1) is 22.8. The van der Waals surface area contributed by atoms with Crippen LogP contribution in [0.15, 0.2) is 158 Å². The zero-order valence-electron chi connectivity index (χ0n) is 24.8. The van der Waals surface area contributed by atoms with Crippen LogP contribution >= 0.6 is 0 Å². The minimum absolute atomic E-state index is 0.662. The Morgan fingerprint density at radius 3 is 1.87 bits per heavy atom. The molecule has 0 aliphatic heterocycles. The summed E-state index contributed by atoms with van der Waals surface area (Å²) < 4.78 is 4.57. The van der Waals surface area contributed by atoms with Gasteiger partial charge in [0.05, 0.1) is 27.8 Å². The highest BCUT2D eigenvalue weighted by molar-refractivity contribution is 6.32. The molecule has 3 heterocycles. The average Bonchev–Trinajstić information content (AvgIpc) is 3.70. The molecule has 214 valence electrons. The molecule has 0 aliphatic rings. The minimum Gasteiger partial charge on any atom is -0.316 e. The Labute approximate surface area is 264 Å². The molecule has 0 N–H and O–H groups in total. The molecule has 0 fully saturated rings. The van der Waals surface area contributed by atoms with Crippen LogP contribution in [0.3, 0.4) is 0 Å². The summed E-state index contributed by atoms with van der Waals surface area (Å²) in [6, 6.07) is 53.7. The van der Waals surface area contributed by atoms with Crippen molar-refractivity contribution in [1.29, 1.82) is 0 Å². The predicted molar refractivity (Wildman–Crippen MR) is 191 cm³/mol. The molecule has 10 rings (SSSR count). The zero-order chi connectivity index (χ0) is 30.2. The fourth-order valence-electron chi connectivity index (χ4n) is 7.31. The van der Waals surface area contributed by atoms with E-state index in [2.05, 4.69) is 161 Å². The third-order valence-electron chi connectivity index (χ3n) is 9.32. The lowest BCUT2D eigenvalue weighted by Gasteiger charge is -2.13. The number of aromatic nitrogens is 4. The van der Waals surface area contributed by atoms with E-state index in [1.54, 1.807) is 0 Å². The van der Waals surface area contributed by atoms with E-state index < -0.39 is 0 Å². The van der Waals surface area contributed by atoms with E-state index in [0.717, 1.165) is 44.4 Å². The van der Waals surface area contributed by atoms with Crippen LogP contribution in [0, 0.1) is 0 Å². The summed E-state index contributed by atoms with van der Waals surface area (Å²) in [6.07, 6.45) is 2.17. The average molecular weight is 587 g/mol. The zero-order valence-corrected chi connectivity index (χ0v) is 24.8. The molecule has 0 saturated heterocycles. The van der Waals surface area contributed by atoms with Gasteiger partial charge < -0.3 is 4.57 Å². The van der Waals surface area contributed by atoms with Gasteiger partial charge in [-0.15, -0.1) is 0 Å². The maximum Gasteiger partial charge on any atom is 0.235 e. The fraction of sp³-hybridized carbons (Fsp3) is 0. The van der Waals surface area contributed by atoms with Gasteiger partial charge in [-0.2, -0.15) is 0 Å². The van der Waals surface area contributed by atoms with Crippen LogP contribution in [-0.4, -0.2) is 19.1 Å². The van der Waals surface area contributed by atoms with E-state index in [-0.39, 0.29) is 0 Å². The molecule has 0 radical (unpaired) electrons. The van der Waals surface area contributed by atoms with Crippen molar-refractivity contribution in [3.05, 3.63) is 158 Å². The highest BCUT2D eigenvalue weighted by Crippen LogP contribution is 2.43. The number of rotatable bonds is 3. The lowest BCUT2D eigenvalue weighted by molar-refractivity contribution is 1.02. The molecule has 0 bridgehead atoms. The van der Waals surface area contributed by atoms with E-state index in [1.807, 2.05) is 6.07 Å². The van der Waals surface area contributed by atoms with Gasteiger partial charge in [0.2, 0.25) is 5.95 Å². The molecular formula is C42H26N4. The van der Waals surface area contributed by atoms with Crippen molar-refractivity contribution in [3.8, 4) is 22.9 Å². The van der Waals surface area contributed by atoms with Crippen LogP contribution in [0.25, 0.3) is 88.0 Å². The van der Waals surface area contributed by atoms with Crippen molar-refractivity contribution in [2.24, 2.45) is 0 Å². The van der Waals surface area contributed by atoms with Crippen LogP contribution in [0.5, 0.6) is 0 Å². The van der Waals surface area contributed by atoms with Crippen LogP contribution in [0.1, 0.15) is 0 Å². The summed E-state index contributed by atoms with van der Waals surface area (Å²) >= 11 is 0. The molecule has 0 aliphatic carbocycles. The smallest absolute Gasteiger partial charge is 0.235 e. The van der Waals surface area contributed by atoms with E-state index in [9.17, 15) is 0 Å². The summed E-state index contributed by atoms with van der Waals surface area (Å²) in [5, 5.41) is 9.51. The summed E-state index contributed by atoms with van der Waals surface area (Å²) in [7, 11) is 0. The SMILES string of the molecule is c1ccc(-c2nc(-n3c4cc5c(ccn5-c5ccccc5)cc4c4c5ccccc5c5ccccc5c43)nc3ccccc23)cc1. The molecule has 10 aromatic rings. The number of hydrogen-bond donors (Lipinski definition) is 0. The highest BCUT2D eigenvalue weighted by atomic mass is 15.2. The van der Waals surface area contributed by atoms with Gasteiger partial charge in [-0.1, -0.05) is 115 Å². The Bertz CT molecular complexity index is 2790. The molecule has 4 nitrogen and oxygen atoms in total. The second-order valence-electron chi connectivity index (χ2n) is 11.9. The Balaban J connectivity index is 1.43. The maximum absolute atomic E-state index is 5.39. The molecule has 7 aromatic carbocycles. The van der Waals surface area contributed by atoms with Gasteiger partial charge in [0, 0.05) is 44.4 Å². The van der Waals surface area contributed by atoms with Crippen molar-refractivity contribution >= 4 is 65.2 Å². The maximum atomic E-state index is 5.39. The molecular weight excluding hydrogens is 560 g/mol. The standard InChI is InChI=1S/C42H26N4/c1-3-13-27(14-4-1)40-34-21-11-12-22-36(34)43-42(44-40)46-38-26-37-28(23-24-45(37)29-15-5-2-6-16-29)25-35(38)39-32-19-9-7-17-30(32)31-18-8-10-20-33(31)41(39)46/h1-26H. The Morgan fingerprint density at radius 2 is 1.09 bits per heavy atom. The fourth-order valence-corrected chi connectivity index (χ4v) is 7.31. The summed E-state index contributed by atoms with van der Waals surface area (Å²) in [4.78, 5) is 10.7. The van der Waals surface area contributed by atoms with Crippen LogP contribution in [0.2, 0.25) is 0 Å². The van der Waals surface area contributed by atoms with E-state index >= 15 is 0 Å². The highest BCUT2D eigenvalue weighted by Gasteiger charge is 2.22. The third-order valence-corrected chi connectivity index (χ3v) is 9.32. The van der Waals surface area contributed by atoms with Crippen molar-refractivity contribution in [1.82, 2.24) is 19.1 Å². The quantitative estimate of drug-likeness (QED) is 0.193. The van der Waals surface area contributed by atoms with Crippen LogP contribution in [-0.2, 0) is 0 Å². The molecule has 0 unspecified atom stereocenters. The number of benzene rings is 7. The number of hydrogen-bond acceptors (Lipinski definition) is 2. The van der Waals surface area contributed by atoms with Crippen molar-refractivity contribution < 1.29 is 0 Å². The van der Waals surface area contributed by atoms with E-state index in [1.165, 1.54) is 37.7 Å². The predicted octanol–water partition coefficient (Wildman–Crippen LogP) is 10.6. The van der Waals surface area contributed by atoms with Gasteiger partial charge in [-0.3, -0.25) is 4.57 Å². The number of para-hydroxylation sites is 2. The molecule has 4 heteroatoms. The lowest BCUT2D eigenvalue weighted by Crippen LogP contribution is -2.04. The van der Waals surface area contributed by atoms with Crippen molar-refractivity contribution in [2.75, 3.05) is 0 Å². The number of fused-ring (bicyclic) bond motifs is 10. The molecule has 0 amide bonds. The number of nitrogens with zero attached hydrogens (tertiary/aromatic N) is 4. The van der Waals surface area contributed by atoms with Gasteiger partial charge in [0.15, 0.2) is 0 Å².